The van der Waals surface area contributed by atoms with Gasteiger partial charge in [0.25, 0.3) is 0 Å². The Hall–Kier alpha value is -18.8. The smallest absolute Gasteiger partial charge is 0.165 e. The highest BCUT2D eigenvalue weighted by Gasteiger charge is 2.31. The van der Waals surface area contributed by atoms with Gasteiger partial charge in [-0.25, -0.2) is 4.98 Å². The molecule has 688 valence electrons. The highest BCUT2D eigenvalue weighted by atomic mass is 15.2. The highest BCUT2D eigenvalue weighted by Crippen LogP contribution is 2.49. The van der Waals surface area contributed by atoms with Gasteiger partial charge < -0.3 is 13.7 Å². The number of nitrogens with zero attached hydrogens (tertiary/aromatic N) is 11. The third-order valence-corrected chi connectivity index (χ3v) is 29.1. The molecule has 0 aliphatic carbocycles. The second kappa shape index (κ2) is 35.2. The van der Waals surface area contributed by atoms with E-state index in [2.05, 4.69) is 492 Å². The maximum absolute atomic E-state index is 10.6. The second-order valence-electron chi connectivity index (χ2n) is 40.9. The molecule has 25 aromatic rings. The molecule has 7 heterocycles. The molecule has 0 amide bonds. The first-order chi connectivity index (χ1) is 70.6. The van der Waals surface area contributed by atoms with Gasteiger partial charge >= 0.3 is 0 Å². The predicted octanol–water partition coefficient (Wildman–Crippen LogP) is 34.4. The summed E-state index contributed by atoms with van der Waals surface area (Å²) in [5.74, 6) is 1.48. The molecule has 7 aromatic heterocycles. The lowest BCUT2D eigenvalue weighted by Crippen LogP contribution is -2.12. The molecule has 0 N–H and O–H groups in total. The summed E-state index contributed by atoms with van der Waals surface area (Å²) in [4.78, 5) is 11.1. The zero-order chi connectivity index (χ0) is 98.8. The molecule has 0 saturated carbocycles. The van der Waals surface area contributed by atoms with Crippen molar-refractivity contribution in [1.82, 2.24) is 32.8 Å². The molecule has 145 heavy (non-hydrogen) atoms. The van der Waals surface area contributed by atoms with Crippen molar-refractivity contribution in [2.75, 3.05) is 0 Å². The van der Waals surface area contributed by atoms with E-state index in [1.54, 1.807) is 12.1 Å². The van der Waals surface area contributed by atoms with E-state index in [9.17, 15) is 21.0 Å². The first-order valence-corrected chi connectivity index (χ1v) is 49.3. The molecule has 11 heteroatoms. The van der Waals surface area contributed by atoms with Crippen LogP contribution in [-0.2, 0) is 16.2 Å². The molecule has 0 bridgehead atoms. The van der Waals surface area contributed by atoms with E-state index in [1.165, 1.54) is 82.7 Å². The van der Waals surface area contributed by atoms with Crippen LogP contribution in [0.15, 0.2) is 425 Å². The standard InChI is InChI=1S/C73H45N5.C61H52N6/c74-45-59-22-21-58(39-60(59)46-75)63-44-69(53-25-33-62(34-26-53)78-72-37-29-56(50-17-9-3-10-18-50)42-66(72)67-43-57(30-38-73(67)78)51-19-11-4-12-20-51)76-47-68(63)52-23-31-61(32-24-52)77-70-35-27-54(48-13-5-1-6-14-48)40-64(70)65-41-55(28-36-71(65)77)49-15-7-2-8-16-49;1-59(2,3)40-24-27-53-47(31-40)43-16-10-13-19-50(43)65(53)56-34-46(37-22-23-38(35-62)39(30-37)36-63)57(66-51-20-14-11-17-44(51)48-32-41(60(4,5)6)25-28-54(48)66)58(64-56)67-52-21-15-12-18-45(52)49-33-42(61(7,8)9)26-29-55(49)67/h1-44,47H;10-34H,1-9H3. The van der Waals surface area contributed by atoms with Crippen LogP contribution in [0.1, 0.15) is 101 Å². The minimum Gasteiger partial charge on any atom is -0.309 e. The number of fused-ring (bicyclic) bond motifs is 15. The van der Waals surface area contributed by atoms with Crippen molar-refractivity contribution in [3.8, 4) is 142 Å². The van der Waals surface area contributed by atoms with Crippen molar-refractivity contribution in [2.24, 2.45) is 0 Å². The van der Waals surface area contributed by atoms with Gasteiger partial charge in [-0.05, 0) is 263 Å². The summed E-state index contributed by atoms with van der Waals surface area (Å²) in [5.41, 5.74) is 35.0. The zero-order valence-corrected chi connectivity index (χ0v) is 81.8. The fourth-order valence-corrected chi connectivity index (χ4v) is 21.6. The Labute approximate surface area is 841 Å². The molecular weight excluding hydrogens is 1760 g/mol. The van der Waals surface area contributed by atoms with E-state index in [0.717, 1.165) is 161 Å². The quantitative estimate of drug-likeness (QED) is 0.112. The maximum Gasteiger partial charge on any atom is 0.165 e. The molecule has 18 aromatic carbocycles. The average Bonchev–Trinajstić information content (AvgIpc) is 1.54. The number of benzene rings is 18. The molecule has 0 spiro atoms. The maximum atomic E-state index is 10.6. The molecule has 0 atom stereocenters. The van der Waals surface area contributed by atoms with Crippen molar-refractivity contribution in [1.29, 1.82) is 21.0 Å². The van der Waals surface area contributed by atoms with Crippen molar-refractivity contribution >= 4 is 109 Å². The number of aromatic nitrogens is 7. The van der Waals surface area contributed by atoms with Gasteiger partial charge in [-0.3, -0.25) is 14.1 Å². The number of hydrogen-bond donors (Lipinski definition) is 0. The van der Waals surface area contributed by atoms with Crippen LogP contribution >= 0.6 is 0 Å². The van der Waals surface area contributed by atoms with Gasteiger partial charge in [-0.1, -0.05) is 317 Å². The van der Waals surface area contributed by atoms with Crippen molar-refractivity contribution in [2.45, 2.75) is 78.6 Å². The minimum atomic E-state index is -0.0715. The first-order valence-electron chi connectivity index (χ1n) is 49.3. The SMILES string of the molecule is CC(C)(C)c1ccc2c(c1)c1ccccc1n2-c1cc(-c2ccc(C#N)c(C#N)c2)c(-n2c3ccccc3c3cc(C(C)(C)C)ccc32)c(-n2c3ccccc3c3cc(C(C)(C)C)ccc32)n1.N#Cc1ccc(-c2cc(-c3ccc(-n4c5ccc(-c6ccccc6)cc5c5cc(-c6ccccc6)ccc54)cc3)ncc2-c2ccc(-n3c4ccc(-c5ccccc5)cc4c4cc(-c5ccccc5)ccc43)cc2)cc1C#N. The Morgan fingerprint density at radius 1 is 0.207 bits per heavy atom. The van der Waals surface area contributed by atoms with E-state index >= 15 is 0 Å². The number of nitriles is 4. The molecule has 11 nitrogen and oxygen atoms in total. The Kier molecular flexibility index (Phi) is 21.6. The summed E-state index contributed by atoms with van der Waals surface area (Å²) in [5, 5.41) is 52.5. The highest BCUT2D eigenvalue weighted by molar-refractivity contribution is 6.17. The van der Waals surface area contributed by atoms with Gasteiger partial charge in [0.05, 0.1) is 88.8 Å². The van der Waals surface area contributed by atoms with Crippen LogP contribution in [0.4, 0.5) is 0 Å². The first kappa shape index (κ1) is 88.9. The Morgan fingerprint density at radius 3 is 0.883 bits per heavy atom. The number of pyridine rings is 2. The average molecular weight is 1860 g/mol. The van der Waals surface area contributed by atoms with Crippen LogP contribution in [0, 0.1) is 45.3 Å². The van der Waals surface area contributed by atoms with Crippen LogP contribution in [0.3, 0.4) is 0 Å². The normalized spacial score (nSPS) is 11.9. The molecule has 25 rings (SSSR count). The summed E-state index contributed by atoms with van der Waals surface area (Å²) < 4.78 is 11.7. The van der Waals surface area contributed by atoms with Gasteiger partial charge in [-0.2, -0.15) is 21.0 Å². The molecule has 0 unspecified atom stereocenters. The monoisotopic (exact) mass is 1860 g/mol. The van der Waals surface area contributed by atoms with E-state index in [1.807, 2.05) is 30.5 Å². The fourth-order valence-electron chi connectivity index (χ4n) is 21.6. The largest absolute Gasteiger partial charge is 0.309 e. The molecule has 0 saturated heterocycles. The van der Waals surface area contributed by atoms with Crippen molar-refractivity contribution in [3.05, 3.63) is 464 Å². The Morgan fingerprint density at radius 2 is 0.503 bits per heavy atom. The molecule has 0 aliphatic rings. The van der Waals surface area contributed by atoms with Gasteiger partial charge in [0.2, 0.25) is 0 Å². The van der Waals surface area contributed by atoms with Gasteiger partial charge in [0.1, 0.15) is 30.1 Å². The van der Waals surface area contributed by atoms with E-state index in [4.69, 9.17) is 9.97 Å². The Balaban J connectivity index is 0.000000158. The molecular formula is C134H97N11. The lowest BCUT2D eigenvalue weighted by atomic mass is 9.86. The summed E-state index contributed by atoms with van der Waals surface area (Å²) in [6.07, 6.45) is 1.94. The predicted molar refractivity (Wildman–Crippen MR) is 599 cm³/mol. The van der Waals surface area contributed by atoms with Crippen LogP contribution in [0.5, 0.6) is 0 Å². The summed E-state index contributed by atoms with van der Waals surface area (Å²) >= 11 is 0. The molecule has 0 fully saturated rings. The van der Waals surface area contributed by atoms with E-state index < -0.39 is 0 Å². The summed E-state index contributed by atoms with van der Waals surface area (Å²) in [6, 6.07) is 158. The van der Waals surface area contributed by atoms with Crippen LogP contribution in [0.25, 0.3) is 227 Å². The van der Waals surface area contributed by atoms with E-state index in [-0.39, 0.29) is 16.2 Å². The summed E-state index contributed by atoms with van der Waals surface area (Å²) in [6.45, 7) is 20.3. The summed E-state index contributed by atoms with van der Waals surface area (Å²) in [7, 11) is 0. The Bertz CT molecular complexity index is 9570. The second-order valence-corrected chi connectivity index (χ2v) is 40.9. The third-order valence-electron chi connectivity index (χ3n) is 29.1. The van der Waals surface area contributed by atoms with Crippen LogP contribution < -0.4 is 0 Å². The number of rotatable bonds is 13. The fraction of sp³-hybridized carbons (Fsp3) is 0.0896. The third kappa shape index (κ3) is 15.5. The lowest BCUT2D eigenvalue weighted by Gasteiger charge is -2.23. The van der Waals surface area contributed by atoms with Crippen LogP contribution in [-0.4, -0.2) is 32.8 Å². The number of hydrogen-bond acceptors (Lipinski definition) is 6. The van der Waals surface area contributed by atoms with Crippen molar-refractivity contribution < 1.29 is 0 Å². The number of para-hydroxylation sites is 3. The van der Waals surface area contributed by atoms with E-state index in [0.29, 0.717) is 22.3 Å². The van der Waals surface area contributed by atoms with Crippen LogP contribution in [0.2, 0.25) is 0 Å². The van der Waals surface area contributed by atoms with Crippen molar-refractivity contribution in [3.63, 3.8) is 0 Å². The van der Waals surface area contributed by atoms with Gasteiger partial charge in [0, 0.05) is 88.1 Å². The minimum absolute atomic E-state index is 0.0506. The zero-order valence-electron chi connectivity index (χ0n) is 81.8. The molecule has 0 radical (unpaired) electrons. The lowest BCUT2D eigenvalue weighted by molar-refractivity contribution is 0.591. The van der Waals surface area contributed by atoms with Gasteiger partial charge in [0.15, 0.2) is 5.82 Å². The topological polar surface area (TPSA) is 146 Å². The van der Waals surface area contributed by atoms with Gasteiger partial charge in [-0.15, -0.1) is 0 Å². The molecule has 0 aliphatic heterocycles.